The van der Waals surface area contributed by atoms with E-state index in [0.29, 0.717) is 25.4 Å². The van der Waals surface area contributed by atoms with Gasteiger partial charge in [-0.25, -0.2) is 4.98 Å². The van der Waals surface area contributed by atoms with E-state index < -0.39 is 0 Å². The molecule has 1 amide bonds. The van der Waals surface area contributed by atoms with E-state index in [4.69, 9.17) is 10.00 Å². The number of methoxy groups -OCH3 is 1. The van der Waals surface area contributed by atoms with Gasteiger partial charge in [-0.3, -0.25) is 4.79 Å². The zero-order chi connectivity index (χ0) is 13.2. The van der Waals surface area contributed by atoms with Crippen molar-refractivity contribution in [2.24, 2.45) is 0 Å². The van der Waals surface area contributed by atoms with Crippen LogP contribution in [0.5, 0.6) is 0 Å². The maximum atomic E-state index is 11.3. The van der Waals surface area contributed by atoms with Crippen molar-refractivity contribution in [3.8, 4) is 6.07 Å². The SMILES string of the molecule is COCCNC(=O)CNCc1ccnc(C#N)c1. The van der Waals surface area contributed by atoms with Gasteiger partial charge in [0.25, 0.3) is 0 Å². The number of carbonyl (C=O) groups excluding carboxylic acids is 1. The third kappa shape index (κ3) is 5.39. The summed E-state index contributed by atoms with van der Waals surface area (Å²) in [6, 6.07) is 5.46. The molecule has 0 saturated carbocycles. The summed E-state index contributed by atoms with van der Waals surface area (Å²) in [6.07, 6.45) is 1.58. The number of carbonyl (C=O) groups is 1. The predicted molar refractivity (Wildman–Crippen MR) is 65.5 cm³/mol. The highest BCUT2D eigenvalue weighted by atomic mass is 16.5. The van der Waals surface area contributed by atoms with Crippen LogP contribution in [-0.2, 0) is 16.1 Å². The maximum absolute atomic E-state index is 11.3. The summed E-state index contributed by atoms with van der Waals surface area (Å²) in [5, 5.41) is 14.4. The molecule has 1 aromatic rings. The first-order valence-corrected chi connectivity index (χ1v) is 5.57. The molecule has 6 heteroatoms. The number of hydrogen-bond donors (Lipinski definition) is 2. The van der Waals surface area contributed by atoms with Crippen LogP contribution < -0.4 is 10.6 Å². The number of amides is 1. The Bertz CT molecular complexity index is 428. The van der Waals surface area contributed by atoms with Crippen molar-refractivity contribution in [2.45, 2.75) is 6.54 Å². The van der Waals surface area contributed by atoms with Crippen molar-refractivity contribution in [1.29, 1.82) is 5.26 Å². The van der Waals surface area contributed by atoms with Crippen LogP contribution in [0.4, 0.5) is 0 Å². The van der Waals surface area contributed by atoms with E-state index in [0.717, 1.165) is 5.56 Å². The Labute approximate surface area is 106 Å². The van der Waals surface area contributed by atoms with Crippen LogP contribution in [0.1, 0.15) is 11.3 Å². The Morgan fingerprint density at radius 1 is 1.61 bits per heavy atom. The Kier molecular flexibility index (Phi) is 6.40. The molecule has 0 atom stereocenters. The van der Waals surface area contributed by atoms with E-state index in [1.165, 1.54) is 0 Å². The monoisotopic (exact) mass is 248 g/mol. The lowest BCUT2D eigenvalue weighted by Gasteiger charge is -2.06. The Balaban J connectivity index is 2.24. The smallest absolute Gasteiger partial charge is 0.234 e. The summed E-state index contributed by atoms with van der Waals surface area (Å²) in [4.78, 5) is 15.2. The molecule has 96 valence electrons. The number of nitrogens with one attached hydrogen (secondary N) is 2. The minimum absolute atomic E-state index is 0.0818. The number of nitriles is 1. The molecule has 0 aliphatic carbocycles. The summed E-state index contributed by atoms with van der Waals surface area (Å²) in [5.74, 6) is -0.0818. The predicted octanol–water partition coefficient (Wildman–Crippen LogP) is -0.195. The molecule has 2 N–H and O–H groups in total. The molecule has 0 spiro atoms. The number of pyridine rings is 1. The number of hydrogen-bond acceptors (Lipinski definition) is 5. The highest BCUT2D eigenvalue weighted by molar-refractivity contribution is 5.77. The average molecular weight is 248 g/mol. The molecule has 0 fully saturated rings. The van der Waals surface area contributed by atoms with Crippen LogP contribution in [0.3, 0.4) is 0 Å². The molecule has 1 rings (SSSR count). The lowest BCUT2D eigenvalue weighted by molar-refractivity contribution is -0.120. The molecule has 0 aliphatic heterocycles. The molecule has 0 unspecified atom stereocenters. The van der Waals surface area contributed by atoms with E-state index in [1.807, 2.05) is 6.07 Å². The molecule has 1 heterocycles. The fraction of sp³-hybridized carbons (Fsp3) is 0.417. The van der Waals surface area contributed by atoms with Gasteiger partial charge >= 0.3 is 0 Å². The van der Waals surface area contributed by atoms with Crippen molar-refractivity contribution in [3.63, 3.8) is 0 Å². The van der Waals surface area contributed by atoms with E-state index in [-0.39, 0.29) is 12.5 Å². The van der Waals surface area contributed by atoms with Gasteiger partial charge in [-0.05, 0) is 17.7 Å². The van der Waals surface area contributed by atoms with Crippen LogP contribution >= 0.6 is 0 Å². The molecule has 0 saturated heterocycles. The van der Waals surface area contributed by atoms with Gasteiger partial charge in [-0.1, -0.05) is 0 Å². The van der Waals surface area contributed by atoms with Crippen molar-refractivity contribution >= 4 is 5.91 Å². The second-order valence-electron chi connectivity index (χ2n) is 3.61. The van der Waals surface area contributed by atoms with E-state index in [9.17, 15) is 4.79 Å². The van der Waals surface area contributed by atoms with Crippen molar-refractivity contribution < 1.29 is 9.53 Å². The van der Waals surface area contributed by atoms with E-state index >= 15 is 0 Å². The van der Waals surface area contributed by atoms with Gasteiger partial charge in [-0.2, -0.15) is 5.26 Å². The lowest BCUT2D eigenvalue weighted by Crippen LogP contribution is -2.35. The Hall–Kier alpha value is -1.97. The van der Waals surface area contributed by atoms with Gasteiger partial charge < -0.3 is 15.4 Å². The zero-order valence-corrected chi connectivity index (χ0v) is 10.3. The summed E-state index contributed by atoms with van der Waals surface area (Å²) >= 11 is 0. The van der Waals surface area contributed by atoms with E-state index in [2.05, 4.69) is 15.6 Å². The molecular weight excluding hydrogens is 232 g/mol. The summed E-state index contributed by atoms with van der Waals surface area (Å²) in [5.41, 5.74) is 1.30. The van der Waals surface area contributed by atoms with Crippen LogP contribution in [-0.4, -0.2) is 37.7 Å². The van der Waals surface area contributed by atoms with Crippen molar-refractivity contribution in [1.82, 2.24) is 15.6 Å². The summed E-state index contributed by atoms with van der Waals surface area (Å²) in [6.45, 7) is 1.76. The average Bonchev–Trinajstić information content (AvgIpc) is 2.39. The fourth-order valence-corrected chi connectivity index (χ4v) is 1.32. The largest absolute Gasteiger partial charge is 0.383 e. The van der Waals surface area contributed by atoms with Gasteiger partial charge in [0.05, 0.1) is 13.2 Å². The number of ether oxygens (including phenoxy) is 1. The number of aromatic nitrogens is 1. The molecule has 0 aliphatic rings. The first-order valence-electron chi connectivity index (χ1n) is 5.57. The normalized spacial score (nSPS) is 9.78. The minimum Gasteiger partial charge on any atom is -0.383 e. The molecule has 0 radical (unpaired) electrons. The topological polar surface area (TPSA) is 87.0 Å². The van der Waals surface area contributed by atoms with Gasteiger partial charge in [-0.15, -0.1) is 0 Å². The second kappa shape index (κ2) is 8.17. The van der Waals surface area contributed by atoms with Crippen LogP contribution in [0.25, 0.3) is 0 Å². The third-order valence-electron chi connectivity index (χ3n) is 2.18. The zero-order valence-electron chi connectivity index (χ0n) is 10.3. The molecule has 1 aromatic heterocycles. The van der Waals surface area contributed by atoms with E-state index in [1.54, 1.807) is 25.4 Å². The summed E-state index contributed by atoms with van der Waals surface area (Å²) < 4.78 is 4.82. The maximum Gasteiger partial charge on any atom is 0.234 e. The lowest BCUT2D eigenvalue weighted by atomic mass is 10.2. The first kappa shape index (κ1) is 14.1. The first-order chi connectivity index (χ1) is 8.76. The fourth-order valence-electron chi connectivity index (χ4n) is 1.32. The molecular formula is C12H16N4O2. The molecule has 6 nitrogen and oxygen atoms in total. The Morgan fingerprint density at radius 3 is 3.17 bits per heavy atom. The second-order valence-corrected chi connectivity index (χ2v) is 3.61. The molecule has 0 bridgehead atoms. The minimum atomic E-state index is -0.0818. The van der Waals surface area contributed by atoms with Crippen molar-refractivity contribution in [3.05, 3.63) is 29.6 Å². The third-order valence-corrected chi connectivity index (χ3v) is 2.18. The Morgan fingerprint density at radius 2 is 2.44 bits per heavy atom. The van der Waals surface area contributed by atoms with Crippen LogP contribution in [0, 0.1) is 11.3 Å². The van der Waals surface area contributed by atoms with Gasteiger partial charge in [0.1, 0.15) is 11.8 Å². The van der Waals surface area contributed by atoms with Crippen LogP contribution in [0.2, 0.25) is 0 Å². The van der Waals surface area contributed by atoms with Gasteiger partial charge in [0, 0.05) is 26.4 Å². The van der Waals surface area contributed by atoms with Gasteiger partial charge in [0.15, 0.2) is 0 Å². The number of nitrogens with zero attached hydrogens (tertiary/aromatic N) is 2. The summed E-state index contributed by atoms with van der Waals surface area (Å²) in [7, 11) is 1.58. The molecule has 0 aromatic carbocycles. The van der Waals surface area contributed by atoms with Crippen LogP contribution in [0.15, 0.2) is 18.3 Å². The highest BCUT2D eigenvalue weighted by Crippen LogP contribution is 1.99. The quantitative estimate of drug-likeness (QED) is 0.653. The van der Waals surface area contributed by atoms with Gasteiger partial charge in [0.2, 0.25) is 5.91 Å². The number of rotatable bonds is 7. The molecule has 18 heavy (non-hydrogen) atoms. The van der Waals surface area contributed by atoms with Crippen molar-refractivity contribution in [2.75, 3.05) is 26.8 Å². The standard InChI is InChI=1S/C12H16N4O2/c1-18-5-4-16-12(17)9-14-8-10-2-3-15-11(6-10)7-13/h2-3,6,14H,4-5,8-9H2,1H3,(H,16,17). The highest BCUT2D eigenvalue weighted by Gasteiger charge is 2.00.